The predicted octanol–water partition coefficient (Wildman–Crippen LogP) is 1.09. The first-order valence-corrected chi connectivity index (χ1v) is 6.01. The molecule has 2 N–H and O–H groups in total. The summed E-state index contributed by atoms with van der Waals surface area (Å²) in [4.78, 5) is 10.7. The third-order valence-corrected chi connectivity index (χ3v) is 3.15. The molecule has 1 atom stereocenters. The average Bonchev–Trinajstić information content (AvgIpc) is 2.21. The number of halogens is 1. The van der Waals surface area contributed by atoms with Crippen molar-refractivity contribution in [3.8, 4) is 0 Å². The Morgan fingerprint density at radius 1 is 1.47 bits per heavy atom. The summed E-state index contributed by atoms with van der Waals surface area (Å²) < 4.78 is 11.4. The summed E-state index contributed by atoms with van der Waals surface area (Å²) in [6.07, 6.45) is 0. The molecule has 0 saturated carbocycles. The van der Waals surface area contributed by atoms with Crippen molar-refractivity contribution >= 4 is 28.7 Å². The highest BCUT2D eigenvalue weighted by molar-refractivity contribution is 7.91. The molecule has 1 rings (SSSR count). The number of rotatable bonds is 4. The summed E-state index contributed by atoms with van der Waals surface area (Å²) in [5, 5.41) is 8.84. The van der Waals surface area contributed by atoms with Gasteiger partial charge in [-0.15, -0.1) is 0 Å². The van der Waals surface area contributed by atoms with Crippen LogP contribution in [0.4, 0.5) is 0 Å². The second kappa shape index (κ2) is 5.97. The number of carbonyl (C=O) groups excluding carboxylic acids is 1. The highest BCUT2D eigenvalue weighted by atomic mass is 35.5. The van der Waals surface area contributed by atoms with E-state index in [2.05, 4.69) is 0 Å². The second-order valence-corrected chi connectivity index (χ2v) is 4.78. The van der Waals surface area contributed by atoms with E-state index in [-0.39, 0.29) is 11.5 Å². The number of hydroxylamine groups is 1. The molecule has 0 spiro atoms. The van der Waals surface area contributed by atoms with Gasteiger partial charge in [-0.1, -0.05) is 23.7 Å². The van der Waals surface area contributed by atoms with Crippen molar-refractivity contribution in [2.75, 3.05) is 5.75 Å². The van der Waals surface area contributed by atoms with Crippen molar-refractivity contribution in [1.82, 2.24) is 5.48 Å². The molecule has 0 aliphatic carbocycles. The Morgan fingerprint density at radius 3 is 2.60 bits per heavy atom. The lowest BCUT2D eigenvalue weighted by Gasteiger charge is -2.09. The quantitative estimate of drug-likeness (QED) is 0.475. The van der Waals surface area contributed by atoms with Crippen molar-refractivity contribution < 1.29 is 14.6 Å². The number of carbonyl (C=O) groups is 1. The number of benzene rings is 1. The minimum atomic E-state index is -1.32. The fourth-order valence-electron chi connectivity index (χ4n) is 0.996. The highest BCUT2D eigenvalue weighted by Crippen LogP contribution is 2.12. The van der Waals surface area contributed by atoms with Crippen LogP contribution in [0.25, 0.3) is 0 Å². The maximum absolute atomic E-state index is 11.4. The van der Waals surface area contributed by atoms with Crippen molar-refractivity contribution in [2.24, 2.45) is 0 Å². The summed E-state index contributed by atoms with van der Waals surface area (Å²) in [6.45, 7) is 0. The van der Waals surface area contributed by atoms with E-state index in [0.717, 1.165) is 5.56 Å². The molecule has 1 aromatic carbocycles. The predicted molar refractivity (Wildman–Crippen MR) is 58.1 cm³/mol. The van der Waals surface area contributed by atoms with Gasteiger partial charge in [0.25, 0.3) is 5.91 Å². The van der Waals surface area contributed by atoms with Gasteiger partial charge in [0.15, 0.2) is 5.75 Å². The normalized spacial score (nSPS) is 12.2. The second-order valence-electron chi connectivity index (χ2n) is 2.89. The molecule has 4 nitrogen and oxygen atoms in total. The molecule has 82 valence electrons. The van der Waals surface area contributed by atoms with Crippen molar-refractivity contribution in [2.45, 2.75) is 5.75 Å². The van der Waals surface area contributed by atoms with Gasteiger partial charge >= 0.3 is 0 Å². The monoisotopic (exact) mass is 247 g/mol. The van der Waals surface area contributed by atoms with Crippen LogP contribution in [0.5, 0.6) is 0 Å². The molecule has 0 saturated heterocycles. The molecule has 0 bridgehead atoms. The van der Waals surface area contributed by atoms with Gasteiger partial charge in [-0.25, -0.2) is 5.48 Å². The summed E-state index contributed by atoms with van der Waals surface area (Å²) >= 11 is 4.36. The Bertz CT molecular complexity index is 331. The van der Waals surface area contributed by atoms with Crippen molar-refractivity contribution in [1.29, 1.82) is 0 Å². The molecule has 1 unspecified atom stereocenters. The van der Waals surface area contributed by atoms with Gasteiger partial charge in [-0.05, 0) is 23.3 Å². The lowest BCUT2D eigenvalue weighted by atomic mass is 10.2. The van der Waals surface area contributed by atoms with Crippen LogP contribution in [0.2, 0.25) is 5.02 Å². The van der Waals surface area contributed by atoms with Gasteiger partial charge in [0.2, 0.25) is 0 Å². The average molecular weight is 248 g/mol. The van der Waals surface area contributed by atoms with E-state index in [4.69, 9.17) is 16.8 Å². The molecular weight excluding hydrogens is 238 g/mol. The molecular formula is C9H10ClNO3S. The largest absolute Gasteiger partial charge is 0.616 e. The number of hydrogen-bond acceptors (Lipinski definition) is 3. The fraction of sp³-hybridized carbons (Fsp3) is 0.222. The number of amides is 1. The van der Waals surface area contributed by atoms with E-state index in [0.29, 0.717) is 5.02 Å². The first-order valence-electron chi connectivity index (χ1n) is 4.14. The number of nitrogens with one attached hydrogen (secondary N) is 1. The summed E-state index contributed by atoms with van der Waals surface area (Å²) in [5.74, 6) is -0.591. The molecule has 0 heterocycles. The minimum Gasteiger partial charge on any atom is -0.616 e. The SMILES string of the molecule is O=C(C[S+]([O-])Cc1ccc(Cl)cc1)NO. The van der Waals surface area contributed by atoms with Crippen LogP contribution in [-0.2, 0) is 21.7 Å². The first kappa shape index (κ1) is 12.3. The summed E-state index contributed by atoms with van der Waals surface area (Å²) in [6, 6.07) is 6.88. The topological polar surface area (TPSA) is 72.4 Å². The Hall–Kier alpha value is -0.750. The van der Waals surface area contributed by atoms with Gasteiger partial charge in [-0.2, -0.15) is 0 Å². The molecule has 0 radical (unpaired) electrons. The van der Waals surface area contributed by atoms with Crippen LogP contribution >= 0.6 is 11.6 Å². The van der Waals surface area contributed by atoms with Gasteiger partial charge in [-0.3, -0.25) is 10.0 Å². The van der Waals surface area contributed by atoms with E-state index >= 15 is 0 Å². The third kappa shape index (κ3) is 4.53. The molecule has 0 aromatic heterocycles. The van der Waals surface area contributed by atoms with Crippen LogP contribution in [-0.4, -0.2) is 21.4 Å². The summed E-state index contributed by atoms with van der Waals surface area (Å²) in [7, 11) is 0. The maximum Gasteiger partial charge on any atom is 0.293 e. The molecule has 0 aliphatic heterocycles. The van der Waals surface area contributed by atoms with Crippen molar-refractivity contribution in [3.05, 3.63) is 34.9 Å². The molecule has 1 amide bonds. The van der Waals surface area contributed by atoms with E-state index in [9.17, 15) is 9.35 Å². The van der Waals surface area contributed by atoms with E-state index < -0.39 is 17.1 Å². The van der Waals surface area contributed by atoms with Gasteiger partial charge in [0, 0.05) is 10.6 Å². The van der Waals surface area contributed by atoms with Crippen molar-refractivity contribution in [3.63, 3.8) is 0 Å². The van der Waals surface area contributed by atoms with E-state index in [1.807, 2.05) is 0 Å². The van der Waals surface area contributed by atoms with E-state index in [1.165, 1.54) is 5.48 Å². The molecule has 0 aliphatic rings. The lowest BCUT2D eigenvalue weighted by Crippen LogP contribution is -2.28. The van der Waals surface area contributed by atoms with Gasteiger partial charge in [0.1, 0.15) is 5.75 Å². The Balaban J connectivity index is 2.47. The zero-order valence-corrected chi connectivity index (χ0v) is 9.35. The molecule has 0 fully saturated rings. The zero-order valence-electron chi connectivity index (χ0n) is 7.77. The minimum absolute atomic E-state index is 0.209. The standard InChI is InChI=1S/C9H10ClNO3S/c10-8-3-1-7(2-4-8)5-15(14)6-9(12)11-13/h1-4,13H,5-6H2,(H,11,12). The Morgan fingerprint density at radius 2 is 2.07 bits per heavy atom. The zero-order chi connectivity index (χ0) is 11.3. The van der Waals surface area contributed by atoms with Crippen LogP contribution in [0.1, 0.15) is 5.56 Å². The smallest absolute Gasteiger partial charge is 0.293 e. The molecule has 6 heteroatoms. The van der Waals surface area contributed by atoms with Crippen LogP contribution < -0.4 is 5.48 Å². The summed E-state index contributed by atoms with van der Waals surface area (Å²) in [5.41, 5.74) is 2.27. The highest BCUT2D eigenvalue weighted by Gasteiger charge is 2.13. The van der Waals surface area contributed by atoms with Gasteiger partial charge < -0.3 is 4.55 Å². The Kier molecular flexibility index (Phi) is 4.90. The molecule has 15 heavy (non-hydrogen) atoms. The first-order chi connectivity index (χ1) is 7.11. The van der Waals surface area contributed by atoms with Crippen LogP contribution in [0, 0.1) is 0 Å². The third-order valence-electron chi connectivity index (χ3n) is 1.66. The maximum atomic E-state index is 11.4. The van der Waals surface area contributed by atoms with Crippen LogP contribution in [0.15, 0.2) is 24.3 Å². The van der Waals surface area contributed by atoms with E-state index in [1.54, 1.807) is 24.3 Å². The number of hydrogen-bond donors (Lipinski definition) is 2. The fourth-order valence-corrected chi connectivity index (χ4v) is 2.15. The van der Waals surface area contributed by atoms with Gasteiger partial charge in [0.05, 0.1) is 0 Å². The molecule has 1 aromatic rings. The Labute approximate surface area is 95.4 Å². The van der Waals surface area contributed by atoms with Crippen LogP contribution in [0.3, 0.4) is 0 Å². The lowest BCUT2D eigenvalue weighted by molar-refractivity contribution is -0.126.